The Kier molecular flexibility index (Phi) is 10.6. The molecule has 0 fully saturated rings. The zero-order valence-electron chi connectivity index (χ0n) is 23.7. The Labute approximate surface area is 233 Å². The molecule has 0 N–H and O–H groups in total. The van der Waals surface area contributed by atoms with Crippen LogP contribution >= 0.6 is 0 Å². The first kappa shape index (κ1) is 27.7. The van der Waals surface area contributed by atoms with Gasteiger partial charge in [0.25, 0.3) is 0 Å². The average molecular weight is 557 g/mol. The van der Waals surface area contributed by atoms with Gasteiger partial charge in [0.1, 0.15) is 0 Å². The van der Waals surface area contributed by atoms with E-state index in [2.05, 4.69) is 111 Å². The van der Waals surface area contributed by atoms with E-state index in [4.69, 9.17) is 13.0 Å². The van der Waals surface area contributed by atoms with Crippen LogP contribution in [-0.2, 0) is 17.8 Å². The highest BCUT2D eigenvalue weighted by Gasteiger charge is 2.32. The number of benzene rings is 4. The molecule has 0 radical (unpaired) electrons. The zero-order chi connectivity index (χ0) is 26.6. The van der Waals surface area contributed by atoms with E-state index in [0.717, 1.165) is 0 Å². The summed E-state index contributed by atoms with van der Waals surface area (Å²) in [4.78, 5) is 11.7. The van der Waals surface area contributed by atoms with Crippen molar-refractivity contribution in [2.24, 2.45) is 0 Å². The first-order chi connectivity index (χ1) is 18.7. The number of hydrogen-bond acceptors (Lipinski definition) is 4. The average Bonchev–Trinajstić information content (AvgIpc) is 2.99. The maximum Gasteiger partial charge on any atom is 1.00 e. The minimum Gasteiger partial charge on any atom is -0.463 e. The quantitative estimate of drug-likeness (QED) is 0.144. The lowest BCUT2D eigenvalue weighted by molar-refractivity contribution is -0.137. The second-order valence-corrected chi connectivity index (χ2v) is 17.4. The topological polar surface area (TPSA) is 44.8 Å². The minimum absolute atomic E-state index is 0. The summed E-state index contributed by atoms with van der Waals surface area (Å²) < 4.78 is 19.7. The van der Waals surface area contributed by atoms with Gasteiger partial charge in [-0.2, -0.15) is 0 Å². The molecule has 0 heterocycles. The van der Waals surface area contributed by atoms with E-state index in [1.165, 1.54) is 26.8 Å². The van der Waals surface area contributed by atoms with Crippen LogP contribution in [0.4, 0.5) is 0 Å². The molecular formula is C31H36O4Si3+2. The molecule has 0 aliphatic carbocycles. The van der Waals surface area contributed by atoms with Gasteiger partial charge in [-0.15, -0.1) is 0 Å². The van der Waals surface area contributed by atoms with Gasteiger partial charge in [0.2, 0.25) is 18.1 Å². The fraction of sp³-hybridized carbons (Fsp3) is 0.129. The standard InChI is InChI=1S/C31H34O4Si3/c1-3-31(32)33-25-24-26(2)38(34-36(27-16-8-4-9-17-27)28-18-10-5-11-19-28)35-37(29-20-12-6-13-21-29)30-22-14-7-15-23-30/h3-23,26,36-38H,1,24-25H2,2H3/p+2. The van der Waals surface area contributed by atoms with Gasteiger partial charge < -0.3 is 13.0 Å². The lowest BCUT2D eigenvalue weighted by Crippen LogP contribution is -2.55. The van der Waals surface area contributed by atoms with E-state index in [9.17, 15) is 4.79 Å². The molecule has 1 unspecified atom stereocenters. The first-order valence-electron chi connectivity index (χ1n) is 13.0. The Morgan fingerprint density at radius 3 is 1.37 bits per heavy atom. The van der Waals surface area contributed by atoms with E-state index in [1.807, 2.05) is 24.3 Å². The second kappa shape index (κ2) is 14.6. The molecule has 7 heteroatoms. The normalized spacial score (nSPS) is 12.0. The smallest absolute Gasteiger partial charge is 0.463 e. The molecule has 0 saturated carbocycles. The molecule has 4 rings (SSSR count). The number of hydrogen-bond donors (Lipinski definition) is 0. The third-order valence-corrected chi connectivity index (χ3v) is 15.9. The van der Waals surface area contributed by atoms with Gasteiger partial charge in [0, 0.05) is 6.08 Å². The summed E-state index contributed by atoms with van der Waals surface area (Å²) in [5.74, 6) is -0.404. The second-order valence-electron chi connectivity index (χ2n) is 9.18. The molecule has 4 aromatic rings. The molecule has 0 aromatic heterocycles. The zero-order valence-corrected chi connectivity index (χ0v) is 25.2. The van der Waals surface area contributed by atoms with Gasteiger partial charge in [-0.25, -0.2) is 4.79 Å². The van der Waals surface area contributed by atoms with E-state index in [1.54, 1.807) is 0 Å². The molecule has 0 aliphatic rings. The summed E-state index contributed by atoms with van der Waals surface area (Å²) in [6.45, 7) is 5.98. The Morgan fingerprint density at radius 1 is 0.711 bits per heavy atom. The van der Waals surface area contributed by atoms with Gasteiger partial charge in [0.05, 0.1) is 6.61 Å². The van der Waals surface area contributed by atoms with Crippen molar-refractivity contribution >= 4 is 54.1 Å². The van der Waals surface area contributed by atoms with Gasteiger partial charge >= 0.3 is 18.1 Å². The van der Waals surface area contributed by atoms with Crippen LogP contribution in [-0.4, -0.2) is 39.9 Å². The predicted molar refractivity (Wildman–Crippen MR) is 165 cm³/mol. The summed E-state index contributed by atoms with van der Waals surface area (Å²) in [7, 11) is -6.36. The molecule has 0 spiro atoms. The Morgan fingerprint density at radius 2 is 1.05 bits per heavy atom. The van der Waals surface area contributed by atoms with Crippen LogP contribution in [0.2, 0.25) is 5.54 Å². The predicted octanol–water partition coefficient (Wildman–Crippen LogP) is 3.05. The third-order valence-electron chi connectivity index (χ3n) is 6.40. The highest BCUT2D eigenvalue weighted by atomic mass is 28.4. The van der Waals surface area contributed by atoms with Crippen molar-refractivity contribution < 1.29 is 20.6 Å². The number of ether oxygens (including phenoxy) is 1. The number of esters is 1. The van der Waals surface area contributed by atoms with Crippen molar-refractivity contribution in [1.29, 1.82) is 0 Å². The molecule has 0 bridgehead atoms. The molecule has 0 aliphatic heterocycles. The van der Waals surface area contributed by atoms with Crippen molar-refractivity contribution in [3.8, 4) is 0 Å². The monoisotopic (exact) mass is 556 g/mol. The maximum atomic E-state index is 11.7. The summed E-state index contributed by atoms with van der Waals surface area (Å²) in [5, 5.41) is 4.90. The van der Waals surface area contributed by atoms with Crippen LogP contribution in [0.5, 0.6) is 0 Å². The Bertz CT molecular complexity index is 1110. The molecular weight excluding hydrogens is 521 g/mol. The summed E-state index contributed by atoms with van der Waals surface area (Å²) in [6, 6.07) is 42.0. The van der Waals surface area contributed by atoms with Gasteiger partial charge in [-0.3, -0.25) is 0 Å². The Hall–Kier alpha value is -3.34. The molecule has 0 amide bonds. The van der Waals surface area contributed by atoms with Crippen molar-refractivity contribution in [2.45, 2.75) is 18.9 Å². The summed E-state index contributed by atoms with van der Waals surface area (Å²) in [5.41, 5.74) is 0.123. The largest absolute Gasteiger partial charge is 1.00 e. The van der Waals surface area contributed by atoms with Gasteiger partial charge in [-0.05, 0) is 32.7 Å². The molecule has 4 nitrogen and oxygen atoms in total. The maximum absolute atomic E-state index is 11.7. The third kappa shape index (κ3) is 7.83. The van der Waals surface area contributed by atoms with Crippen molar-refractivity contribution in [3.63, 3.8) is 0 Å². The fourth-order valence-corrected chi connectivity index (χ4v) is 15.4. The van der Waals surface area contributed by atoms with Crippen molar-refractivity contribution in [1.82, 2.24) is 0 Å². The minimum atomic E-state index is -2.29. The molecule has 38 heavy (non-hydrogen) atoms. The molecule has 194 valence electrons. The molecule has 1 atom stereocenters. The fourth-order valence-electron chi connectivity index (χ4n) is 4.32. The lowest BCUT2D eigenvalue weighted by Gasteiger charge is -2.31. The van der Waals surface area contributed by atoms with Crippen LogP contribution in [0, 0.1) is 0 Å². The lowest BCUT2D eigenvalue weighted by atomic mass is 10.3. The van der Waals surface area contributed by atoms with Crippen LogP contribution in [0.25, 0.3) is 0 Å². The number of rotatable bonds is 13. The van der Waals surface area contributed by atoms with E-state index in [-0.39, 0.29) is 8.39 Å². The Balaban J connectivity index is 0.00000280. The number of carbonyl (C=O) groups excluding carboxylic acids is 1. The van der Waals surface area contributed by atoms with Gasteiger partial charge in [0.15, 0.2) is 0 Å². The SMILES string of the molecule is C=CC(=O)OCCC(C)[SiH](O[SiH](c1ccccc1)c1ccccc1)O[SiH](c1ccccc1)c1ccccc1.[H+].[H+]. The summed E-state index contributed by atoms with van der Waals surface area (Å²) in [6.07, 6.45) is 1.87. The van der Waals surface area contributed by atoms with E-state index in [0.29, 0.717) is 13.0 Å². The van der Waals surface area contributed by atoms with Crippen LogP contribution < -0.4 is 20.7 Å². The number of carbonyl (C=O) groups is 1. The van der Waals surface area contributed by atoms with E-state index >= 15 is 0 Å². The highest BCUT2D eigenvalue weighted by molar-refractivity contribution is 6.88. The van der Waals surface area contributed by atoms with Crippen LogP contribution in [0.3, 0.4) is 0 Å². The highest BCUT2D eigenvalue weighted by Crippen LogP contribution is 2.19. The first-order valence-corrected chi connectivity index (χ1v) is 17.8. The van der Waals surface area contributed by atoms with Gasteiger partial charge in [-0.1, -0.05) is 135 Å². The van der Waals surface area contributed by atoms with Crippen LogP contribution in [0.1, 0.15) is 16.2 Å². The summed E-state index contributed by atoms with van der Waals surface area (Å²) >= 11 is 0. The van der Waals surface area contributed by atoms with Crippen molar-refractivity contribution in [2.75, 3.05) is 6.61 Å². The van der Waals surface area contributed by atoms with E-state index < -0.39 is 33.3 Å². The van der Waals surface area contributed by atoms with Crippen LogP contribution in [0.15, 0.2) is 134 Å². The molecule has 0 saturated heterocycles. The van der Waals surface area contributed by atoms with Crippen molar-refractivity contribution in [3.05, 3.63) is 134 Å². The molecule has 4 aromatic carbocycles.